The largest absolute Gasteiger partial charge is 1.00 e. The number of rotatable bonds is 29. The van der Waals surface area contributed by atoms with Gasteiger partial charge < -0.3 is 60.7 Å². The smallest absolute Gasteiger partial charge is 0.512 e. The zero-order valence-electron chi connectivity index (χ0n) is 53.4. The number of alkyl halides is 1. The van der Waals surface area contributed by atoms with Gasteiger partial charge in [-0.2, -0.15) is 0 Å². The Labute approximate surface area is 620 Å². The van der Waals surface area contributed by atoms with Crippen molar-refractivity contribution in [3.05, 3.63) is 295 Å². The standard InChI is InChI=1S/C27H24O6.C24H22O5.C10H12O3.C7H6O2.C3H7BrO.C3H3ClO.CN.K/c1-2-24(28)32-18-10-17-31-23-16-9-15-22(19-23)26(25(29)20-11-5-3-6-12-20)33-27(30)21-13-7-4-8-14-21;25-15-8-16-28-21-14-7-13-20(17-21)23(22(26)18-9-3-1-4-10-18)29-24(27)19-11-5-2-6-12-19;11-5-2-6-13-10-4-1-3-9(7-10)8-12;8-5-6-2-1-3-7(9)4-6;4-2-1-3-5;1-2-3(4)5;1-2;/h2-9,11-16,19,26H,1,10,17-18H2;1-7,9-14,17,23,25H,8,15-16H2;1,3-4,7-8,11H,2,5-6H2;1-5,9H;5H,1-3H2;2H,1H2;;/q;;;;;;-1;+1. The number of hydrogen-bond acceptors (Lipinski definition) is 19. The van der Waals surface area contributed by atoms with Crippen molar-refractivity contribution in [2.24, 2.45) is 0 Å². The van der Waals surface area contributed by atoms with Crippen molar-refractivity contribution in [1.82, 2.24) is 0 Å². The summed E-state index contributed by atoms with van der Waals surface area (Å²) >= 11 is 7.85. The van der Waals surface area contributed by atoms with Gasteiger partial charge in [-0.15, -0.1) is 0 Å². The van der Waals surface area contributed by atoms with Crippen molar-refractivity contribution in [3.8, 4) is 23.0 Å². The summed E-state index contributed by atoms with van der Waals surface area (Å²) in [6.07, 6.45) is 3.82. The fourth-order valence-electron chi connectivity index (χ4n) is 7.41. The van der Waals surface area contributed by atoms with Crippen LogP contribution in [0.4, 0.5) is 0 Å². The second-order valence-corrected chi connectivity index (χ2v) is 20.2. The first kappa shape index (κ1) is 86.0. The molecule has 0 aliphatic rings. The molecule has 97 heavy (non-hydrogen) atoms. The quantitative estimate of drug-likeness (QED) is 0.00324. The second kappa shape index (κ2) is 54.1. The minimum Gasteiger partial charge on any atom is -0.512 e. The van der Waals surface area contributed by atoms with Gasteiger partial charge in [0.25, 0.3) is 0 Å². The molecule has 502 valence electrons. The number of aliphatic hydroxyl groups is 3. The van der Waals surface area contributed by atoms with Crippen LogP contribution in [0.25, 0.3) is 0 Å². The number of ether oxygens (including phenoxy) is 6. The molecule has 0 aromatic heterocycles. The monoisotopic (exact) mass is 1430 g/mol. The number of phenolic OH excluding ortho intramolecular Hbond substituents is 1. The van der Waals surface area contributed by atoms with Gasteiger partial charge in [0.05, 0.1) is 37.6 Å². The number of carbonyl (C=O) groups excluding carboxylic acids is 8. The number of aldehydes is 2. The Morgan fingerprint density at radius 3 is 1.14 bits per heavy atom. The van der Waals surface area contributed by atoms with Gasteiger partial charge in [0.2, 0.25) is 16.8 Å². The number of aromatic hydroxyl groups is 1. The van der Waals surface area contributed by atoms with Crippen LogP contribution in [-0.4, -0.2) is 119 Å². The predicted octanol–water partition coefficient (Wildman–Crippen LogP) is 10.5. The molecule has 0 amide bonds. The summed E-state index contributed by atoms with van der Waals surface area (Å²) in [6.45, 7) is 12.9. The average Bonchev–Trinajstić information content (AvgIpc) is 0.851. The van der Waals surface area contributed by atoms with E-state index < -0.39 is 35.4 Å². The normalized spacial score (nSPS) is 10.1. The third-order valence-corrected chi connectivity index (χ3v) is 12.7. The number of ketones is 2. The molecule has 2 atom stereocenters. The average molecular weight is 1430 g/mol. The van der Waals surface area contributed by atoms with Gasteiger partial charge in [-0.1, -0.05) is 175 Å². The summed E-state index contributed by atoms with van der Waals surface area (Å²) in [7, 11) is 0. The van der Waals surface area contributed by atoms with Crippen molar-refractivity contribution in [3.63, 3.8) is 0 Å². The van der Waals surface area contributed by atoms with E-state index in [-0.39, 0.29) is 88.5 Å². The number of halogens is 2. The Morgan fingerprint density at radius 1 is 0.464 bits per heavy atom. The first-order chi connectivity index (χ1) is 46.6. The Bertz CT molecular complexity index is 3620. The van der Waals surface area contributed by atoms with Crippen molar-refractivity contribution >= 4 is 74.8 Å². The second-order valence-electron chi connectivity index (χ2n) is 19.0. The maximum atomic E-state index is 13.2. The molecule has 2 unspecified atom stereocenters. The fraction of sp³-hybridized carbons (Fsp3) is 0.187. The SMILES string of the molecule is C=CC(=O)Cl.C=CC(=O)OCCCOc1cccc(C(OC(=O)c2ccccc2)C(=O)c2ccccc2)c1.O=C(OC(C(=O)c1ccccc1)c1cccc(OCCCO)c1)c1ccccc1.O=Cc1cccc(O)c1.O=Cc1cccc(OCCCO)c1.OCCCBr.[C-]#N.[K+]. The third kappa shape index (κ3) is 36.6. The number of esters is 3. The molecule has 0 heterocycles. The van der Waals surface area contributed by atoms with Gasteiger partial charge >= 0.3 is 69.3 Å². The molecule has 8 aromatic rings. The number of aliphatic hydroxyl groups excluding tert-OH is 3. The van der Waals surface area contributed by atoms with E-state index in [2.05, 4.69) is 29.1 Å². The molecular formula is C75H74BrClKNO18. The third-order valence-electron chi connectivity index (χ3n) is 11.9. The number of benzene rings is 8. The van der Waals surface area contributed by atoms with Crippen LogP contribution in [0.3, 0.4) is 0 Å². The van der Waals surface area contributed by atoms with Gasteiger partial charge in [-0.25, -0.2) is 14.4 Å². The molecule has 0 saturated heterocycles. The van der Waals surface area contributed by atoms with E-state index >= 15 is 0 Å². The molecule has 0 aliphatic heterocycles. The Morgan fingerprint density at radius 2 is 0.814 bits per heavy atom. The Balaban J connectivity index is 0.000000658. The van der Waals surface area contributed by atoms with Crippen molar-refractivity contribution in [2.75, 3.05) is 51.6 Å². The summed E-state index contributed by atoms with van der Waals surface area (Å²) in [5.74, 6) is -0.485. The van der Waals surface area contributed by atoms with Gasteiger partial charge in [0.1, 0.15) is 35.6 Å². The molecule has 4 N–H and O–H groups in total. The zero-order chi connectivity index (χ0) is 70.6. The summed E-state index contributed by atoms with van der Waals surface area (Å²) < 4.78 is 32.8. The molecule has 0 spiro atoms. The maximum Gasteiger partial charge on any atom is 1.00 e. The summed E-state index contributed by atoms with van der Waals surface area (Å²) in [5, 5.41) is 40.9. The summed E-state index contributed by atoms with van der Waals surface area (Å²) in [6, 6.07) is 61.3. The Hall–Kier alpha value is -9.02. The van der Waals surface area contributed by atoms with Crippen LogP contribution in [0.15, 0.2) is 244 Å². The topological polar surface area (TPSA) is 297 Å². The first-order valence-electron chi connectivity index (χ1n) is 29.5. The molecule has 22 heteroatoms. The first-order valence-corrected chi connectivity index (χ1v) is 31.0. The summed E-state index contributed by atoms with van der Waals surface area (Å²) in [4.78, 5) is 92.7. The van der Waals surface area contributed by atoms with Crippen LogP contribution < -0.4 is 65.6 Å². The van der Waals surface area contributed by atoms with Crippen LogP contribution in [0.5, 0.6) is 23.0 Å². The van der Waals surface area contributed by atoms with E-state index in [1.54, 1.807) is 194 Å². The number of hydrogen-bond donors (Lipinski definition) is 4. The molecule has 0 fully saturated rings. The summed E-state index contributed by atoms with van der Waals surface area (Å²) in [5.41, 5.74) is 3.70. The molecular weight excluding hydrogens is 1360 g/mol. The molecule has 19 nitrogen and oxygen atoms in total. The van der Waals surface area contributed by atoms with Crippen LogP contribution >= 0.6 is 27.5 Å². The molecule has 0 saturated carbocycles. The number of carbonyl (C=O) groups is 8. The van der Waals surface area contributed by atoms with Crippen LogP contribution in [-0.2, 0) is 23.8 Å². The number of Topliss-reactive ketones (excluding diaryl/α,β-unsaturated/α-hetero) is 2. The van der Waals surface area contributed by atoms with E-state index in [1.165, 1.54) is 12.1 Å². The zero-order valence-corrected chi connectivity index (χ0v) is 58.8. The van der Waals surface area contributed by atoms with Crippen LogP contribution in [0.1, 0.15) is 111 Å². The molecule has 0 aliphatic carbocycles. The van der Waals surface area contributed by atoms with Crippen molar-refractivity contribution in [1.29, 1.82) is 5.26 Å². The van der Waals surface area contributed by atoms with E-state index in [9.17, 15) is 38.4 Å². The predicted molar refractivity (Wildman–Crippen MR) is 366 cm³/mol. The van der Waals surface area contributed by atoms with Gasteiger partial charge in [-0.05, 0) is 96.9 Å². The molecule has 8 aromatic carbocycles. The van der Waals surface area contributed by atoms with E-state index in [4.69, 9.17) is 72.3 Å². The number of phenols is 1. The molecule has 0 radical (unpaired) electrons. The number of allylic oxidation sites excluding steroid dienone is 1. The molecule has 0 bridgehead atoms. The molecule has 8 rings (SSSR count). The van der Waals surface area contributed by atoms with Crippen LogP contribution in [0.2, 0.25) is 0 Å². The van der Waals surface area contributed by atoms with Crippen LogP contribution in [0, 0.1) is 11.8 Å². The van der Waals surface area contributed by atoms with Gasteiger partial charge in [-0.3, -0.25) is 24.0 Å². The van der Waals surface area contributed by atoms with Gasteiger partial charge in [0, 0.05) is 83.9 Å². The fourth-order valence-corrected chi connectivity index (χ4v) is 7.66. The van der Waals surface area contributed by atoms with E-state index in [1.807, 2.05) is 12.1 Å². The van der Waals surface area contributed by atoms with Gasteiger partial charge in [0.15, 0.2) is 12.2 Å². The minimum atomic E-state index is -1.14. The maximum absolute atomic E-state index is 13.2. The minimum absolute atomic E-state index is 0. The number of nitrogens with zero attached hydrogens (tertiary/aromatic N) is 1. The van der Waals surface area contributed by atoms with E-state index in [0.29, 0.717) is 114 Å². The Kier molecular flexibility index (Phi) is 48.0. The van der Waals surface area contributed by atoms with Crippen molar-refractivity contribution < 1.29 is 139 Å². The van der Waals surface area contributed by atoms with Crippen molar-refractivity contribution in [2.45, 2.75) is 37.9 Å². The van der Waals surface area contributed by atoms with E-state index in [0.717, 1.165) is 30.2 Å².